The number of nitrogens with zero attached hydrogens (tertiary/aromatic N) is 4. The first-order chi connectivity index (χ1) is 20.0. The summed E-state index contributed by atoms with van der Waals surface area (Å²) in [6.45, 7) is 0.0501. The molecule has 4 bridgehead atoms. The fourth-order valence-electron chi connectivity index (χ4n) is 8.94. The van der Waals surface area contributed by atoms with Crippen molar-refractivity contribution in [2.75, 3.05) is 0 Å². The molecule has 7 rings (SSSR count). The minimum atomic E-state index is -0.971. The van der Waals surface area contributed by atoms with Gasteiger partial charge >= 0.3 is 5.97 Å². The molecule has 2 aliphatic heterocycles. The molecule has 1 N–H and O–H groups in total. The highest BCUT2D eigenvalue weighted by molar-refractivity contribution is 5.78. The molecular weight excluding hydrogens is 516 g/mol. The van der Waals surface area contributed by atoms with Crippen LogP contribution in [0, 0.1) is 11.8 Å². The SMILES string of the molecule is O=C(O)CCn1cccc(-c2nc3ccccc3n(C3C[C@H]4CCC[C@@H](C3)N4C3C[C@H]4CCC[C@@H](C3)C4)c2=O)c1=O. The van der Waals surface area contributed by atoms with E-state index in [9.17, 15) is 14.4 Å². The van der Waals surface area contributed by atoms with Gasteiger partial charge in [0.15, 0.2) is 0 Å². The topological polar surface area (TPSA) is 97.4 Å². The van der Waals surface area contributed by atoms with Crippen LogP contribution in [0.15, 0.2) is 52.2 Å². The van der Waals surface area contributed by atoms with E-state index < -0.39 is 5.97 Å². The number of aliphatic carboxylic acids is 1. The molecule has 3 aromatic rings. The van der Waals surface area contributed by atoms with Crippen LogP contribution in [-0.4, -0.2) is 48.2 Å². The van der Waals surface area contributed by atoms with E-state index in [-0.39, 0.29) is 41.4 Å². The Labute approximate surface area is 240 Å². The lowest BCUT2D eigenvalue weighted by atomic mass is 9.68. The van der Waals surface area contributed by atoms with Gasteiger partial charge in [-0.05, 0) is 81.0 Å². The third kappa shape index (κ3) is 4.94. The van der Waals surface area contributed by atoms with Gasteiger partial charge in [-0.25, -0.2) is 4.98 Å². The van der Waals surface area contributed by atoms with Gasteiger partial charge in [-0.2, -0.15) is 0 Å². The predicted octanol–water partition coefficient (Wildman–Crippen LogP) is 5.23. The molecule has 2 unspecified atom stereocenters. The summed E-state index contributed by atoms with van der Waals surface area (Å²) in [7, 11) is 0. The van der Waals surface area contributed by atoms with Crippen molar-refractivity contribution in [3.63, 3.8) is 0 Å². The van der Waals surface area contributed by atoms with Crippen LogP contribution in [0.1, 0.15) is 83.1 Å². The number of fused-ring (bicyclic) bond motifs is 5. The minimum absolute atomic E-state index is 0.0501. The summed E-state index contributed by atoms with van der Waals surface area (Å²) in [5.74, 6) is 0.818. The Hall–Kier alpha value is -3.26. The van der Waals surface area contributed by atoms with Crippen LogP contribution >= 0.6 is 0 Å². The Bertz CT molecular complexity index is 1550. The van der Waals surface area contributed by atoms with Crippen LogP contribution in [0.2, 0.25) is 0 Å². The maximum atomic E-state index is 14.3. The lowest BCUT2D eigenvalue weighted by Crippen LogP contribution is -2.58. The van der Waals surface area contributed by atoms with E-state index in [0.717, 1.165) is 30.2 Å². The second kappa shape index (κ2) is 10.9. The first-order valence-electron chi connectivity index (χ1n) is 15.7. The number of aryl methyl sites for hydroxylation is 1. The summed E-state index contributed by atoms with van der Waals surface area (Å²) in [5, 5.41) is 9.12. The second-order valence-corrected chi connectivity index (χ2v) is 13.0. The maximum Gasteiger partial charge on any atom is 0.305 e. The molecule has 0 amide bonds. The van der Waals surface area contributed by atoms with Crippen molar-refractivity contribution in [1.82, 2.24) is 19.0 Å². The van der Waals surface area contributed by atoms with Crippen molar-refractivity contribution in [2.45, 2.75) is 108 Å². The van der Waals surface area contributed by atoms with E-state index in [2.05, 4.69) is 4.90 Å². The van der Waals surface area contributed by atoms with Gasteiger partial charge in [0.2, 0.25) is 0 Å². The maximum absolute atomic E-state index is 14.3. The third-order valence-corrected chi connectivity index (χ3v) is 10.5. The molecule has 0 radical (unpaired) electrons. The Kier molecular flexibility index (Phi) is 7.05. The summed E-state index contributed by atoms with van der Waals surface area (Å²) in [6.07, 6.45) is 15.3. The van der Waals surface area contributed by atoms with Gasteiger partial charge < -0.3 is 14.2 Å². The Morgan fingerprint density at radius 3 is 2.24 bits per heavy atom. The van der Waals surface area contributed by atoms with Crippen LogP contribution in [0.25, 0.3) is 22.3 Å². The fourth-order valence-corrected chi connectivity index (χ4v) is 8.94. The molecule has 4 aliphatic rings. The van der Waals surface area contributed by atoms with Crippen molar-refractivity contribution < 1.29 is 9.90 Å². The average molecular weight is 557 g/mol. The van der Waals surface area contributed by atoms with Crippen LogP contribution in [0.4, 0.5) is 0 Å². The number of carbonyl (C=O) groups is 1. The Morgan fingerprint density at radius 2 is 1.51 bits per heavy atom. The van der Waals surface area contributed by atoms with E-state index in [4.69, 9.17) is 10.1 Å². The minimum Gasteiger partial charge on any atom is -0.481 e. The Balaban J connectivity index is 1.26. The summed E-state index contributed by atoms with van der Waals surface area (Å²) in [6, 6.07) is 12.8. The van der Waals surface area contributed by atoms with Gasteiger partial charge in [-0.15, -0.1) is 0 Å². The molecule has 2 saturated heterocycles. The summed E-state index contributed by atoms with van der Waals surface area (Å²) in [5.41, 5.74) is 1.32. The molecule has 4 fully saturated rings. The number of rotatable bonds is 6. The zero-order valence-corrected chi connectivity index (χ0v) is 23.7. The molecule has 4 heterocycles. The fraction of sp³-hybridized carbons (Fsp3) is 0.576. The molecule has 8 nitrogen and oxygen atoms in total. The number of piperidine rings is 2. The first-order valence-corrected chi connectivity index (χ1v) is 15.7. The van der Waals surface area contributed by atoms with Crippen LogP contribution < -0.4 is 11.1 Å². The molecule has 0 spiro atoms. The zero-order valence-electron chi connectivity index (χ0n) is 23.7. The van der Waals surface area contributed by atoms with Gasteiger partial charge in [0.1, 0.15) is 5.69 Å². The standard InChI is InChI=1S/C33H40N4O4/c38-30(39)13-15-35-14-5-10-27(32(35)40)31-33(41)37(29-12-2-1-11-28(29)34-31)26-19-23-8-4-9-24(20-26)36(23)25-17-21-6-3-7-22(16-21)18-25/h1-2,5,10-12,14,21-26H,3-4,6-9,13,15-20H2,(H,38,39)/t21-,22+,23-,24+,25?,26?. The van der Waals surface area contributed by atoms with Crippen molar-refractivity contribution in [1.29, 1.82) is 0 Å². The lowest BCUT2D eigenvalue weighted by Gasteiger charge is -2.55. The number of benzene rings is 1. The number of pyridine rings is 1. The lowest BCUT2D eigenvalue weighted by molar-refractivity contribution is -0.137. The van der Waals surface area contributed by atoms with Crippen LogP contribution in [0.3, 0.4) is 0 Å². The monoisotopic (exact) mass is 556 g/mol. The summed E-state index contributed by atoms with van der Waals surface area (Å²) in [4.78, 5) is 46.4. The normalized spacial score (nSPS) is 29.9. The van der Waals surface area contributed by atoms with E-state index in [1.54, 1.807) is 18.3 Å². The van der Waals surface area contributed by atoms with Gasteiger partial charge in [-0.3, -0.25) is 19.3 Å². The Morgan fingerprint density at radius 1 is 0.805 bits per heavy atom. The smallest absolute Gasteiger partial charge is 0.305 e. The highest BCUT2D eigenvalue weighted by atomic mass is 16.4. The quantitative estimate of drug-likeness (QED) is 0.447. The average Bonchev–Trinajstić information content (AvgIpc) is 2.95. The first kappa shape index (κ1) is 26.6. The third-order valence-electron chi connectivity index (χ3n) is 10.5. The summed E-state index contributed by atoms with van der Waals surface area (Å²) < 4.78 is 3.32. The molecule has 2 aliphatic carbocycles. The van der Waals surface area contributed by atoms with Gasteiger partial charge in [0, 0.05) is 36.9 Å². The number of para-hydroxylation sites is 2. The van der Waals surface area contributed by atoms with Crippen molar-refractivity contribution in [2.24, 2.45) is 11.8 Å². The molecule has 2 aromatic heterocycles. The number of carboxylic acid groups (broad SMARTS) is 1. The van der Waals surface area contributed by atoms with E-state index in [1.807, 2.05) is 28.8 Å². The largest absolute Gasteiger partial charge is 0.481 e. The van der Waals surface area contributed by atoms with Crippen LogP contribution in [-0.2, 0) is 11.3 Å². The van der Waals surface area contributed by atoms with Crippen molar-refractivity contribution >= 4 is 17.0 Å². The molecule has 41 heavy (non-hydrogen) atoms. The highest BCUT2D eigenvalue weighted by Gasteiger charge is 2.45. The van der Waals surface area contributed by atoms with Crippen molar-refractivity contribution in [3.8, 4) is 11.3 Å². The molecule has 2 saturated carbocycles. The number of hydrogen-bond acceptors (Lipinski definition) is 5. The molecular formula is C33H40N4O4. The predicted molar refractivity (Wildman–Crippen MR) is 158 cm³/mol. The molecule has 6 atom stereocenters. The van der Waals surface area contributed by atoms with Gasteiger partial charge in [0.05, 0.1) is 23.0 Å². The number of hydrogen-bond donors (Lipinski definition) is 1. The zero-order chi connectivity index (χ0) is 28.1. The second-order valence-electron chi connectivity index (χ2n) is 13.0. The number of carboxylic acids is 1. The van der Waals surface area contributed by atoms with Crippen molar-refractivity contribution in [3.05, 3.63) is 63.3 Å². The summed E-state index contributed by atoms with van der Waals surface area (Å²) >= 11 is 0. The highest BCUT2D eigenvalue weighted by Crippen LogP contribution is 2.47. The molecule has 216 valence electrons. The molecule has 8 heteroatoms. The van der Waals surface area contributed by atoms with E-state index in [1.165, 1.54) is 62.4 Å². The molecule has 1 aromatic carbocycles. The van der Waals surface area contributed by atoms with Gasteiger partial charge in [-0.1, -0.05) is 37.8 Å². The van der Waals surface area contributed by atoms with E-state index >= 15 is 0 Å². The van der Waals surface area contributed by atoms with E-state index in [0.29, 0.717) is 23.6 Å². The van der Waals surface area contributed by atoms with Crippen LogP contribution in [0.5, 0.6) is 0 Å². The van der Waals surface area contributed by atoms with Gasteiger partial charge in [0.25, 0.3) is 11.1 Å². The number of aromatic nitrogens is 3.